The molecule has 0 unspecified atom stereocenters. The number of benzene rings is 3. The number of hydrogen-bond donors (Lipinski definition) is 1. The molecule has 33 heavy (non-hydrogen) atoms. The molecule has 162 valence electrons. The van der Waals surface area contributed by atoms with Crippen molar-refractivity contribution >= 4 is 28.5 Å². The van der Waals surface area contributed by atoms with Crippen LogP contribution in [0.15, 0.2) is 89.8 Å². The highest BCUT2D eigenvalue weighted by Crippen LogP contribution is 2.28. The summed E-state index contributed by atoms with van der Waals surface area (Å²) in [5.74, 6) is 1.67. The lowest BCUT2D eigenvalue weighted by atomic mass is 10.1. The van der Waals surface area contributed by atoms with Crippen LogP contribution in [0.25, 0.3) is 17.3 Å². The zero-order chi connectivity index (χ0) is 23.0. The number of anilines is 1. The lowest BCUT2D eigenvalue weighted by molar-refractivity contribution is -0.112. The summed E-state index contributed by atoms with van der Waals surface area (Å²) >= 11 is 1.29. The van der Waals surface area contributed by atoms with E-state index in [0.29, 0.717) is 10.9 Å². The van der Waals surface area contributed by atoms with Gasteiger partial charge in [-0.15, -0.1) is 11.3 Å². The molecule has 3 aromatic carbocycles. The number of nitrogens with zero attached hydrogens (tertiary/aromatic N) is 2. The smallest absolute Gasteiger partial charge is 0.268 e. The molecule has 0 radical (unpaired) electrons. The maximum Gasteiger partial charge on any atom is 0.268 e. The Morgan fingerprint density at radius 2 is 1.64 bits per heavy atom. The second-order valence-corrected chi connectivity index (χ2v) is 7.73. The molecule has 0 bridgehead atoms. The molecule has 4 rings (SSSR count). The number of carbonyl (C=O) groups excluding carboxylic acids is 1. The number of hydrogen-bond acceptors (Lipinski definition) is 6. The van der Waals surface area contributed by atoms with Gasteiger partial charge in [0.2, 0.25) is 0 Å². The van der Waals surface area contributed by atoms with Gasteiger partial charge in [-0.1, -0.05) is 30.3 Å². The van der Waals surface area contributed by atoms with Crippen LogP contribution in [0.5, 0.6) is 17.2 Å². The van der Waals surface area contributed by atoms with E-state index in [9.17, 15) is 10.1 Å². The average molecular weight is 454 g/mol. The van der Waals surface area contributed by atoms with E-state index in [1.807, 2.05) is 66.0 Å². The number of ether oxygens (including phenoxy) is 2. The first-order valence-corrected chi connectivity index (χ1v) is 10.9. The van der Waals surface area contributed by atoms with Crippen molar-refractivity contribution in [2.75, 3.05) is 12.4 Å². The summed E-state index contributed by atoms with van der Waals surface area (Å²) in [6.07, 6.45) is 1.52. The Hall–Kier alpha value is -4.41. The van der Waals surface area contributed by atoms with Crippen LogP contribution in [0, 0.1) is 11.3 Å². The van der Waals surface area contributed by atoms with Crippen molar-refractivity contribution in [1.29, 1.82) is 5.26 Å². The van der Waals surface area contributed by atoms with Gasteiger partial charge < -0.3 is 9.47 Å². The topological polar surface area (TPSA) is 84.2 Å². The Morgan fingerprint density at radius 1 is 0.970 bits per heavy atom. The van der Waals surface area contributed by atoms with Crippen molar-refractivity contribution in [1.82, 2.24) is 4.98 Å². The highest BCUT2D eigenvalue weighted by molar-refractivity contribution is 7.14. The molecule has 0 saturated carbocycles. The largest absolute Gasteiger partial charge is 0.497 e. The van der Waals surface area contributed by atoms with Crippen LogP contribution in [-0.2, 0) is 4.79 Å². The molecule has 4 aromatic rings. The minimum atomic E-state index is -0.513. The Bertz CT molecular complexity index is 1310. The summed E-state index contributed by atoms with van der Waals surface area (Å²) in [6.45, 7) is 0. The van der Waals surface area contributed by atoms with Gasteiger partial charge in [-0.2, -0.15) is 5.26 Å². The molecular formula is C26H19N3O3S. The van der Waals surface area contributed by atoms with E-state index in [4.69, 9.17) is 9.47 Å². The number of rotatable bonds is 7. The average Bonchev–Trinajstić information content (AvgIpc) is 3.32. The Morgan fingerprint density at radius 3 is 2.30 bits per heavy atom. The van der Waals surface area contributed by atoms with Crippen LogP contribution in [-0.4, -0.2) is 18.0 Å². The van der Waals surface area contributed by atoms with Gasteiger partial charge in [0.1, 0.15) is 28.9 Å². The molecule has 1 aromatic heterocycles. The van der Waals surface area contributed by atoms with Crippen LogP contribution in [0.4, 0.5) is 5.13 Å². The summed E-state index contributed by atoms with van der Waals surface area (Å²) in [6, 6.07) is 26.1. The molecule has 0 aliphatic carbocycles. The monoisotopic (exact) mass is 453 g/mol. The fourth-order valence-electron chi connectivity index (χ4n) is 2.96. The highest BCUT2D eigenvalue weighted by atomic mass is 32.1. The molecule has 0 spiro atoms. The third-order valence-electron chi connectivity index (χ3n) is 4.65. The van der Waals surface area contributed by atoms with Crippen LogP contribution >= 0.6 is 11.3 Å². The molecule has 0 saturated heterocycles. The third-order valence-corrected chi connectivity index (χ3v) is 5.40. The standard InChI is InChI=1S/C26H19N3O3S/c1-31-21-11-7-18(8-12-21)15-20(16-27)25(30)29-26-28-24(17-33-26)19-9-13-23(14-10-19)32-22-5-3-2-4-6-22/h2-15,17H,1H3,(H,28,29,30)/b20-15+. The van der Waals surface area contributed by atoms with Gasteiger partial charge in [-0.25, -0.2) is 4.98 Å². The van der Waals surface area contributed by atoms with Crippen LogP contribution in [0.3, 0.4) is 0 Å². The number of aromatic nitrogens is 1. The lowest BCUT2D eigenvalue weighted by Gasteiger charge is -2.05. The molecule has 1 heterocycles. The van der Waals surface area contributed by atoms with Gasteiger partial charge in [-0.05, 0) is 60.2 Å². The van der Waals surface area contributed by atoms with Crippen LogP contribution in [0.1, 0.15) is 5.56 Å². The van der Waals surface area contributed by atoms with E-state index in [0.717, 1.165) is 28.3 Å². The van der Waals surface area contributed by atoms with Crippen LogP contribution in [0.2, 0.25) is 0 Å². The number of methoxy groups -OCH3 is 1. The predicted molar refractivity (Wildman–Crippen MR) is 129 cm³/mol. The number of para-hydroxylation sites is 1. The molecule has 0 aliphatic heterocycles. The van der Waals surface area contributed by atoms with Gasteiger partial charge in [-0.3, -0.25) is 10.1 Å². The number of thiazole rings is 1. The van der Waals surface area contributed by atoms with Crippen molar-refractivity contribution in [3.05, 3.63) is 95.4 Å². The maximum absolute atomic E-state index is 12.6. The van der Waals surface area contributed by atoms with E-state index in [2.05, 4.69) is 10.3 Å². The first-order valence-electron chi connectivity index (χ1n) is 10.0. The Balaban J connectivity index is 1.42. The number of carbonyl (C=O) groups is 1. The lowest BCUT2D eigenvalue weighted by Crippen LogP contribution is -2.13. The number of nitriles is 1. The zero-order valence-corrected chi connectivity index (χ0v) is 18.5. The molecule has 6 nitrogen and oxygen atoms in total. The maximum atomic E-state index is 12.6. The Labute approximate surface area is 195 Å². The fourth-order valence-corrected chi connectivity index (χ4v) is 3.68. The first kappa shape index (κ1) is 21.8. The summed E-state index contributed by atoms with van der Waals surface area (Å²) in [4.78, 5) is 17.0. The minimum absolute atomic E-state index is 0.0145. The highest BCUT2D eigenvalue weighted by Gasteiger charge is 2.13. The summed E-state index contributed by atoms with van der Waals surface area (Å²) in [7, 11) is 1.58. The van der Waals surface area contributed by atoms with E-state index in [1.165, 1.54) is 17.4 Å². The van der Waals surface area contributed by atoms with E-state index >= 15 is 0 Å². The van der Waals surface area contributed by atoms with Crippen molar-refractivity contribution in [3.63, 3.8) is 0 Å². The van der Waals surface area contributed by atoms with Gasteiger partial charge in [0.25, 0.3) is 5.91 Å². The summed E-state index contributed by atoms with van der Waals surface area (Å²) < 4.78 is 10.9. The van der Waals surface area contributed by atoms with Crippen LogP contribution < -0.4 is 14.8 Å². The molecule has 0 fully saturated rings. The minimum Gasteiger partial charge on any atom is -0.497 e. The van der Waals surface area contributed by atoms with Gasteiger partial charge >= 0.3 is 0 Å². The second-order valence-electron chi connectivity index (χ2n) is 6.87. The van der Waals surface area contributed by atoms with E-state index in [1.54, 1.807) is 31.4 Å². The Kier molecular flexibility index (Phi) is 6.78. The predicted octanol–water partition coefficient (Wildman–Crippen LogP) is 6.16. The fraction of sp³-hybridized carbons (Fsp3) is 0.0385. The molecule has 1 amide bonds. The zero-order valence-electron chi connectivity index (χ0n) is 17.7. The summed E-state index contributed by atoms with van der Waals surface area (Å²) in [5.41, 5.74) is 2.32. The van der Waals surface area contributed by atoms with Crippen molar-refractivity contribution < 1.29 is 14.3 Å². The molecule has 7 heteroatoms. The van der Waals surface area contributed by atoms with Crippen molar-refractivity contribution in [3.8, 4) is 34.6 Å². The number of amides is 1. The van der Waals surface area contributed by atoms with Gasteiger partial charge in [0.05, 0.1) is 12.8 Å². The molecule has 1 N–H and O–H groups in total. The second kappa shape index (κ2) is 10.3. The molecule has 0 aliphatic rings. The quantitative estimate of drug-likeness (QED) is 0.268. The van der Waals surface area contributed by atoms with E-state index < -0.39 is 5.91 Å². The molecule has 0 atom stereocenters. The van der Waals surface area contributed by atoms with Crippen molar-refractivity contribution in [2.45, 2.75) is 0 Å². The third kappa shape index (κ3) is 5.64. The van der Waals surface area contributed by atoms with E-state index in [-0.39, 0.29) is 5.57 Å². The molecular weight excluding hydrogens is 434 g/mol. The number of nitrogens with one attached hydrogen (secondary N) is 1. The first-order chi connectivity index (χ1) is 16.1. The van der Waals surface area contributed by atoms with Gasteiger partial charge in [0.15, 0.2) is 5.13 Å². The normalized spacial score (nSPS) is 10.8. The van der Waals surface area contributed by atoms with Crippen molar-refractivity contribution in [2.24, 2.45) is 0 Å². The van der Waals surface area contributed by atoms with Gasteiger partial charge in [0, 0.05) is 10.9 Å². The SMILES string of the molecule is COc1ccc(/C=C(\C#N)C(=O)Nc2nc(-c3ccc(Oc4ccccc4)cc3)cs2)cc1. The summed E-state index contributed by atoms with van der Waals surface area (Å²) in [5, 5.41) is 14.4.